The Kier molecular flexibility index (Phi) is 9.12. The second kappa shape index (κ2) is 9.17. The molecule has 0 amide bonds. The molecule has 1 unspecified atom stereocenters. The summed E-state index contributed by atoms with van der Waals surface area (Å²) in [6, 6.07) is 0. The molecule has 1 atom stereocenters. The Morgan fingerprint density at radius 1 is 1.07 bits per heavy atom. The van der Waals surface area contributed by atoms with E-state index in [1.807, 2.05) is 0 Å². The van der Waals surface area contributed by atoms with Crippen LogP contribution in [0.5, 0.6) is 0 Å². The van der Waals surface area contributed by atoms with Crippen molar-refractivity contribution in [2.45, 2.75) is 40.0 Å². The van der Waals surface area contributed by atoms with E-state index in [-0.39, 0.29) is 0 Å². The van der Waals surface area contributed by atoms with Gasteiger partial charge in [-0.3, -0.25) is 0 Å². The first-order valence-corrected chi connectivity index (χ1v) is 6.37. The molecule has 0 aromatic heterocycles. The summed E-state index contributed by atoms with van der Waals surface area (Å²) in [7, 11) is 4.31. The van der Waals surface area contributed by atoms with Crippen molar-refractivity contribution >= 4 is 0 Å². The maximum absolute atomic E-state index is 3.49. The largest absolute Gasteiger partial charge is 0.316 e. The van der Waals surface area contributed by atoms with Gasteiger partial charge in [0.1, 0.15) is 0 Å². The van der Waals surface area contributed by atoms with Crippen LogP contribution in [-0.2, 0) is 0 Å². The molecule has 0 aliphatic carbocycles. The van der Waals surface area contributed by atoms with E-state index in [9.17, 15) is 0 Å². The molecule has 0 aromatic rings. The van der Waals surface area contributed by atoms with Gasteiger partial charge in [0, 0.05) is 6.54 Å². The van der Waals surface area contributed by atoms with Crippen LogP contribution < -0.4 is 5.32 Å². The van der Waals surface area contributed by atoms with Gasteiger partial charge >= 0.3 is 0 Å². The number of hydrogen-bond donors (Lipinski definition) is 1. The summed E-state index contributed by atoms with van der Waals surface area (Å²) >= 11 is 0. The first kappa shape index (κ1) is 14.9. The molecule has 0 saturated heterocycles. The molecule has 0 heterocycles. The number of nitrogens with one attached hydrogen (secondary N) is 1. The second-order valence-electron chi connectivity index (χ2n) is 5.46. The molecule has 0 rings (SSSR count). The number of hydrogen-bond acceptors (Lipinski definition) is 2. The van der Waals surface area contributed by atoms with Crippen LogP contribution in [0.4, 0.5) is 0 Å². The molecule has 0 bridgehead atoms. The van der Waals surface area contributed by atoms with Gasteiger partial charge in [0.15, 0.2) is 0 Å². The molecule has 2 heteroatoms. The Labute approximate surface area is 96.4 Å². The Morgan fingerprint density at radius 3 is 2.27 bits per heavy atom. The predicted molar refractivity (Wildman–Crippen MR) is 69.3 cm³/mol. The Hall–Kier alpha value is -0.0800. The molecule has 0 spiro atoms. The lowest BCUT2D eigenvalue weighted by Crippen LogP contribution is -2.22. The Balaban J connectivity index is 3.16. The van der Waals surface area contributed by atoms with Crippen LogP contribution in [0.3, 0.4) is 0 Å². The first-order valence-electron chi connectivity index (χ1n) is 6.37. The number of unbranched alkanes of at least 4 members (excludes halogenated alkanes) is 1. The van der Waals surface area contributed by atoms with Gasteiger partial charge in [0.2, 0.25) is 0 Å². The standard InChI is InChI=1S/C13H30N2/c1-12(2)10-14-9-7-6-8-13(3)11-15(4)5/h12-14H,6-11H2,1-5H3. The van der Waals surface area contributed by atoms with Gasteiger partial charge in [-0.15, -0.1) is 0 Å². The lowest BCUT2D eigenvalue weighted by atomic mass is 10.0. The third-order valence-electron chi connectivity index (χ3n) is 2.53. The molecule has 1 N–H and O–H groups in total. The van der Waals surface area contributed by atoms with E-state index in [2.05, 4.69) is 45.1 Å². The van der Waals surface area contributed by atoms with Crippen LogP contribution in [0.2, 0.25) is 0 Å². The van der Waals surface area contributed by atoms with Crippen LogP contribution in [-0.4, -0.2) is 38.6 Å². The zero-order chi connectivity index (χ0) is 11.7. The summed E-state index contributed by atoms with van der Waals surface area (Å²) in [4.78, 5) is 2.28. The van der Waals surface area contributed by atoms with Crippen molar-refractivity contribution in [1.82, 2.24) is 10.2 Å². The smallest absolute Gasteiger partial charge is 0.0000920 e. The minimum absolute atomic E-state index is 0.776. The fourth-order valence-corrected chi connectivity index (χ4v) is 1.85. The van der Waals surface area contributed by atoms with Gasteiger partial charge in [-0.2, -0.15) is 0 Å². The summed E-state index contributed by atoms with van der Waals surface area (Å²) in [6.45, 7) is 10.4. The third kappa shape index (κ3) is 11.8. The monoisotopic (exact) mass is 214 g/mol. The molecule has 0 aliphatic rings. The van der Waals surface area contributed by atoms with Gasteiger partial charge in [-0.05, 0) is 51.9 Å². The highest BCUT2D eigenvalue weighted by Gasteiger charge is 2.02. The van der Waals surface area contributed by atoms with E-state index in [0.29, 0.717) is 0 Å². The minimum atomic E-state index is 0.776. The molecule has 15 heavy (non-hydrogen) atoms. The summed E-state index contributed by atoms with van der Waals surface area (Å²) < 4.78 is 0. The highest BCUT2D eigenvalue weighted by Crippen LogP contribution is 2.07. The molecule has 0 saturated carbocycles. The quantitative estimate of drug-likeness (QED) is 0.594. The van der Waals surface area contributed by atoms with Crippen LogP contribution >= 0.6 is 0 Å². The summed E-state index contributed by atoms with van der Waals surface area (Å²) in [5.41, 5.74) is 0. The summed E-state index contributed by atoms with van der Waals surface area (Å²) in [5.74, 6) is 1.61. The van der Waals surface area contributed by atoms with E-state index in [0.717, 1.165) is 18.4 Å². The van der Waals surface area contributed by atoms with Crippen molar-refractivity contribution in [3.05, 3.63) is 0 Å². The van der Waals surface area contributed by atoms with Crippen molar-refractivity contribution in [2.75, 3.05) is 33.7 Å². The van der Waals surface area contributed by atoms with Crippen molar-refractivity contribution in [3.8, 4) is 0 Å². The zero-order valence-corrected chi connectivity index (χ0v) is 11.3. The summed E-state index contributed by atoms with van der Waals surface area (Å²) in [6.07, 6.45) is 4.05. The van der Waals surface area contributed by atoms with E-state index in [1.165, 1.54) is 32.4 Å². The zero-order valence-electron chi connectivity index (χ0n) is 11.3. The number of rotatable bonds is 9. The lowest BCUT2D eigenvalue weighted by Gasteiger charge is -2.16. The molecular weight excluding hydrogens is 184 g/mol. The van der Waals surface area contributed by atoms with Crippen LogP contribution in [0.15, 0.2) is 0 Å². The van der Waals surface area contributed by atoms with Crippen molar-refractivity contribution in [2.24, 2.45) is 11.8 Å². The average Bonchev–Trinajstić information content (AvgIpc) is 2.09. The van der Waals surface area contributed by atoms with Crippen LogP contribution in [0, 0.1) is 11.8 Å². The van der Waals surface area contributed by atoms with Crippen molar-refractivity contribution in [1.29, 1.82) is 0 Å². The van der Waals surface area contributed by atoms with Crippen molar-refractivity contribution < 1.29 is 0 Å². The third-order valence-corrected chi connectivity index (χ3v) is 2.53. The normalized spacial score (nSPS) is 13.8. The van der Waals surface area contributed by atoms with Gasteiger partial charge in [-0.1, -0.05) is 27.2 Å². The molecule has 0 aliphatic heterocycles. The van der Waals surface area contributed by atoms with E-state index < -0.39 is 0 Å². The van der Waals surface area contributed by atoms with E-state index in [4.69, 9.17) is 0 Å². The molecule has 0 radical (unpaired) electrons. The van der Waals surface area contributed by atoms with Gasteiger partial charge in [0.25, 0.3) is 0 Å². The average molecular weight is 214 g/mol. The highest BCUT2D eigenvalue weighted by atomic mass is 15.1. The molecule has 0 fully saturated rings. The highest BCUT2D eigenvalue weighted by molar-refractivity contribution is 4.58. The van der Waals surface area contributed by atoms with E-state index >= 15 is 0 Å². The van der Waals surface area contributed by atoms with Crippen LogP contribution in [0.1, 0.15) is 40.0 Å². The summed E-state index contributed by atoms with van der Waals surface area (Å²) in [5, 5.41) is 3.49. The molecule has 2 nitrogen and oxygen atoms in total. The SMILES string of the molecule is CC(C)CNCCCCC(C)CN(C)C. The maximum Gasteiger partial charge on any atom is 0.0000920 e. The van der Waals surface area contributed by atoms with Gasteiger partial charge in [0.05, 0.1) is 0 Å². The van der Waals surface area contributed by atoms with Gasteiger partial charge < -0.3 is 10.2 Å². The minimum Gasteiger partial charge on any atom is -0.316 e. The topological polar surface area (TPSA) is 15.3 Å². The Morgan fingerprint density at radius 2 is 1.73 bits per heavy atom. The molecule has 92 valence electrons. The van der Waals surface area contributed by atoms with Gasteiger partial charge in [-0.25, -0.2) is 0 Å². The first-order chi connectivity index (χ1) is 7.02. The van der Waals surface area contributed by atoms with Crippen LogP contribution in [0.25, 0.3) is 0 Å². The fraction of sp³-hybridized carbons (Fsp3) is 1.00. The number of nitrogens with zero attached hydrogens (tertiary/aromatic N) is 1. The molecule has 0 aromatic carbocycles. The maximum atomic E-state index is 3.49. The molecular formula is C13H30N2. The Bertz CT molecular complexity index is 132. The lowest BCUT2D eigenvalue weighted by molar-refractivity contribution is 0.321. The predicted octanol–water partition coefficient (Wildman–Crippen LogP) is 2.60. The van der Waals surface area contributed by atoms with Crippen molar-refractivity contribution in [3.63, 3.8) is 0 Å². The van der Waals surface area contributed by atoms with E-state index in [1.54, 1.807) is 0 Å². The second-order valence-corrected chi connectivity index (χ2v) is 5.46. The fourth-order valence-electron chi connectivity index (χ4n) is 1.85.